The summed E-state index contributed by atoms with van der Waals surface area (Å²) in [5.74, 6) is 1.27. The quantitative estimate of drug-likeness (QED) is 0.345. The van der Waals surface area contributed by atoms with E-state index in [1.165, 1.54) is 15.9 Å². The molecule has 8 heteroatoms. The standard InChI is InChI=1S/C28H31N3O4S/c1-18(2)21-10-16-24(17-11-21)36(33,34)30(5)20(4)27-29-25-9-7-8-19(3)26(25)28(32)31(27)22-12-14-23(35-6)15-13-22/h7-18,20H,1-6H3. The third-order valence-corrected chi connectivity index (χ3v) is 8.55. The molecule has 0 aliphatic rings. The minimum absolute atomic E-state index is 0.191. The number of hydrogen-bond acceptors (Lipinski definition) is 5. The van der Waals surface area contributed by atoms with Crippen LogP contribution in [-0.2, 0) is 10.0 Å². The summed E-state index contributed by atoms with van der Waals surface area (Å²) in [4.78, 5) is 18.8. The molecule has 1 aromatic heterocycles. The van der Waals surface area contributed by atoms with E-state index < -0.39 is 16.1 Å². The molecule has 4 aromatic rings. The van der Waals surface area contributed by atoms with E-state index in [1.54, 1.807) is 56.5 Å². The van der Waals surface area contributed by atoms with Crippen molar-refractivity contribution in [3.8, 4) is 11.4 Å². The van der Waals surface area contributed by atoms with E-state index in [2.05, 4.69) is 13.8 Å². The van der Waals surface area contributed by atoms with Gasteiger partial charge < -0.3 is 4.74 Å². The fraction of sp³-hybridized carbons (Fsp3) is 0.286. The monoisotopic (exact) mass is 505 g/mol. The van der Waals surface area contributed by atoms with Crippen LogP contribution in [0, 0.1) is 6.92 Å². The van der Waals surface area contributed by atoms with Crippen LogP contribution in [0.2, 0.25) is 0 Å². The second-order valence-electron chi connectivity index (χ2n) is 9.20. The highest BCUT2D eigenvalue weighted by molar-refractivity contribution is 7.89. The van der Waals surface area contributed by atoms with Crippen LogP contribution in [0.25, 0.3) is 16.6 Å². The Kier molecular flexibility index (Phi) is 7.02. The highest BCUT2D eigenvalue weighted by Gasteiger charge is 2.30. The van der Waals surface area contributed by atoms with Crippen molar-refractivity contribution in [3.63, 3.8) is 0 Å². The van der Waals surface area contributed by atoms with Crippen molar-refractivity contribution >= 4 is 20.9 Å². The minimum atomic E-state index is -3.85. The maximum atomic E-state index is 13.8. The van der Waals surface area contributed by atoms with Gasteiger partial charge in [0.1, 0.15) is 11.6 Å². The zero-order valence-corrected chi connectivity index (χ0v) is 22.2. The average Bonchev–Trinajstić information content (AvgIpc) is 2.87. The van der Waals surface area contributed by atoms with Crippen LogP contribution in [0.5, 0.6) is 5.75 Å². The van der Waals surface area contributed by atoms with E-state index in [1.807, 2.05) is 31.2 Å². The lowest BCUT2D eigenvalue weighted by Crippen LogP contribution is -2.35. The lowest BCUT2D eigenvalue weighted by atomic mass is 10.0. The second-order valence-corrected chi connectivity index (χ2v) is 11.2. The molecule has 0 fully saturated rings. The molecule has 0 bridgehead atoms. The lowest BCUT2D eigenvalue weighted by molar-refractivity contribution is 0.379. The number of aryl methyl sites for hydroxylation is 1. The number of methoxy groups -OCH3 is 1. The highest BCUT2D eigenvalue weighted by atomic mass is 32.2. The van der Waals surface area contributed by atoms with Crippen LogP contribution in [0.1, 0.15) is 49.7 Å². The Labute approximate surface area is 212 Å². The van der Waals surface area contributed by atoms with Crippen molar-refractivity contribution in [1.29, 1.82) is 0 Å². The molecule has 3 aromatic carbocycles. The lowest BCUT2D eigenvalue weighted by Gasteiger charge is -2.27. The molecule has 7 nitrogen and oxygen atoms in total. The van der Waals surface area contributed by atoms with Gasteiger partial charge in [0.25, 0.3) is 5.56 Å². The summed E-state index contributed by atoms with van der Waals surface area (Å²) in [7, 11) is -0.767. The Bertz CT molecular complexity index is 1560. The second kappa shape index (κ2) is 9.87. The fourth-order valence-corrected chi connectivity index (χ4v) is 5.56. The van der Waals surface area contributed by atoms with Crippen LogP contribution in [-0.4, -0.2) is 36.4 Å². The molecule has 188 valence electrons. The Morgan fingerprint density at radius 3 is 2.17 bits per heavy atom. The summed E-state index contributed by atoms with van der Waals surface area (Å²) in [6.45, 7) is 7.72. The third kappa shape index (κ3) is 4.54. The largest absolute Gasteiger partial charge is 0.497 e. The van der Waals surface area contributed by atoms with Crippen molar-refractivity contribution in [2.45, 2.75) is 44.6 Å². The van der Waals surface area contributed by atoms with Gasteiger partial charge in [-0.25, -0.2) is 13.4 Å². The smallest absolute Gasteiger partial charge is 0.266 e. The van der Waals surface area contributed by atoms with Crippen LogP contribution in [0.3, 0.4) is 0 Å². The molecule has 1 unspecified atom stereocenters. The van der Waals surface area contributed by atoms with Crippen molar-refractivity contribution in [1.82, 2.24) is 13.9 Å². The van der Waals surface area contributed by atoms with E-state index in [4.69, 9.17) is 9.72 Å². The number of benzene rings is 3. The van der Waals surface area contributed by atoms with Gasteiger partial charge >= 0.3 is 0 Å². The first-order valence-corrected chi connectivity index (χ1v) is 13.2. The third-order valence-electron chi connectivity index (χ3n) is 6.61. The van der Waals surface area contributed by atoms with Crippen molar-refractivity contribution in [3.05, 3.63) is 94.0 Å². The van der Waals surface area contributed by atoms with Crippen molar-refractivity contribution < 1.29 is 13.2 Å². The van der Waals surface area contributed by atoms with Gasteiger partial charge in [-0.2, -0.15) is 4.31 Å². The van der Waals surface area contributed by atoms with Crippen molar-refractivity contribution in [2.75, 3.05) is 14.2 Å². The molecule has 0 saturated carbocycles. The maximum Gasteiger partial charge on any atom is 0.266 e. The van der Waals surface area contributed by atoms with Crippen molar-refractivity contribution in [2.24, 2.45) is 0 Å². The van der Waals surface area contributed by atoms with E-state index >= 15 is 0 Å². The predicted octanol–water partition coefficient (Wildman–Crippen LogP) is 5.21. The molecule has 4 rings (SSSR count). The molecule has 1 heterocycles. The minimum Gasteiger partial charge on any atom is -0.497 e. The van der Waals surface area contributed by atoms with Crippen LogP contribution >= 0.6 is 0 Å². The Hall–Kier alpha value is -3.49. The predicted molar refractivity (Wildman–Crippen MR) is 143 cm³/mol. The average molecular weight is 506 g/mol. The summed E-state index contributed by atoms with van der Waals surface area (Å²) in [6.07, 6.45) is 0. The summed E-state index contributed by atoms with van der Waals surface area (Å²) in [5.41, 5.74) is 2.71. The number of fused-ring (bicyclic) bond motifs is 1. The topological polar surface area (TPSA) is 81.5 Å². The Morgan fingerprint density at radius 2 is 1.58 bits per heavy atom. The molecule has 0 aliphatic carbocycles. The van der Waals surface area contributed by atoms with Gasteiger partial charge in [0.05, 0.1) is 34.6 Å². The summed E-state index contributed by atoms with van der Waals surface area (Å²) < 4.78 is 35.1. The highest BCUT2D eigenvalue weighted by Crippen LogP contribution is 2.28. The van der Waals surface area contributed by atoms with Gasteiger partial charge in [0.15, 0.2) is 0 Å². The van der Waals surface area contributed by atoms with Gasteiger partial charge in [-0.05, 0) is 73.4 Å². The Morgan fingerprint density at radius 1 is 0.944 bits per heavy atom. The van der Waals surface area contributed by atoms with Gasteiger partial charge in [-0.1, -0.05) is 38.1 Å². The van der Waals surface area contributed by atoms with Crippen LogP contribution in [0.15, 0.2) is 76.4 Å². The number of sulfonamides is 1. The molecular formula is C28H31N3O4S. The molecule has 0 radical (unpaired) electrons. The SMILES string of the molecule is COc1ccc(-n2c(C(C)N(C)S(=O)(=O)c3ccc(C(C)C)cc3)nc3cccc(C)c3c2=O)cc1. The molecule has 1 atom stereocenters. The number of rotatable bonds is 7. The first-order chi connectivity index (χ1) is 17.1. The molecule has 0 spiro atoms. The normalized spacial score (nSPS) is 12.9. The molecule has 36 heavy (non-hydrogen) atoms. The van der Waals surface area contributed by atoms with E-state index in [-0.39, 0.29) is 10.5 Å². The number of hydrogen-bond donors (Lipinski definition) is 0. The Balaban J connectivity index is 1.88. The summed E-state index contributed by atoms with van der Waals surface area (Å²) in [6, 6.07) is 18.7. The summed E-state index contributed by atoms with van der Waals surface area (Å²) >= 11 is 0. The van der Waals surface area contributed by atoms with Gasteiger partial charge in [-0.3, -0.25) is 9.36 Å². The van der Waals surface area contributed by atoms with Gasteiger partial charge in [0.2, 0.25) is 10.0 Å². The zero-order chi connectivity index (χ0) is 26.2. The number of aromatic nitrogens is 2. The maximum absolute atomic E-state index is 13.8. The number of ether oxygens (including phenoxy) is 1. The first-order valence-electron chi connectivity index (χ1n) is 11.8. The van der Waals surface area contributed by atoms with E-state index in [0.717, 1.165) is 11.1 Å². The van der Waals surface area contributed by atoms with Gasteiger partial charge in [-0.15, -0.1) is 0 Å². The van der Waals surface area contributed by atoms with Crippen LogP contribution < -0.4 is 10.3 Å². The molecule has 0 N–H and O–H groups in total. The first kappa shape index (κ1) is 25.6. The summed E-state index contributed by atoms with van der Waals surface area (Å²) in [5, 5.41) is 0.499. The zero-order valence-electron chi connectivity index (χ0n) is 21.4. The molecule has 0 saturated heterocycles. The molecule has 0 aliphatic heterocycles. The fourth-order valence-electron chi connectivity index (χ4n) is 4.24. The molecular weight excluding hydrogens is 474 g/mol. The van der Waals surface area contributed by atoms with Gasteiger partial charge in [0, 0.05) is 7.05 Å². The van der Waals surface area contributed by atoms with E-state index in [0.29, 0.717) is 34.1 Å². The van der Waals surface area contributed by atoms with Crippen LogP contribution in [0.4, 0.5) is 0 Å². The van der Waals surface area contributed by atoms with E-state index in [9.17, 15) is 13.2 Å². The molecule has 0 amide bonds. The number of nitrogens with zero attached hydrogens (tertiary/aromatic N) is 3.